The second-order valence-corrected chi connectivity index (χ2v) is 15.7. The summed E-state index contributed by atoms with van der Waals surface area (Å²) in [6.07, 6.45) is 1.46. The molecule has 7 atom stereocenters. The summed E-state index contributed by atoms with van der Waals surface area (Å²) in [6, 6.07) is 2.74. The summed E-state index contributed by atoms with van der Waals surface area (Å²) in [5.74, 6) is -5.28. The highest BCUT2D eigenvalue weighted by Crippen LogP contribution is 2.21. The number of aryl methyl sites for hydroxylation is 4. The maximum Gasteiger partial charge on any atom is 0.328 e. The number of aliphatic carboxylic acids is 1. The standard InChI is InChI=1S/C44H67N7O12/c1-25-21-29(13-17-36(25)56)11-15-31(23-32(55)16-12-30-14-18-37(57)26(2)22-30)47-33(9-5-7-19-45)41(59)50-39(28(4)54)43(61)51-38(27(3)53)42(60)48-34(10-6-8-20-46)40(58)49-35(24-52)44(62)63/h13-14,17-18,21-23,27-28,33-35,38-39,47,52-54,56-57H,5-12,15-16,19-20,24,45-46H2,1-4H3,(H,48,60)(H,49,58)(H,50,59)(H,51,61)(H,62,63)/b31-23-/t27-,28-,33+,34+,35+,38+,39+/m1/s1. The second kappa shape index (κ2) is 27.5. The van der Waals surface area contributed by atoms with E-state index in [0.717, 1.165) is 11.1 Å². The fourth-order valence-electron chi connectivity index (χ4n) is 6.52. The number of hydrogen-bond acceptors (Lipinski definition) is 14. The molecule has 0 spiro atoms. The molecule has 0 aromatic heterocycles. The molecule has 15 N–H and O–H groups in total. The molecule has 19 nitrogen and oxygen atoms in total. The molecule has 63 heavy (non-hydrogen) atoms. The number of amides is 4. The Hall–Kier alpha value is -5.60. The van der Waals surface area contributed by atoms with Crippen LogP contribution in [-0.4, -0.2) is 128 Å². The number of aromatic hydroxyl groups is 2. The van der Waals surface area contributed by atoms with Crippen LogP contribution in [0.1, 0.15) is 87.5 Å². The van der Waals surface area contributed by atoms with E-state index in [9.17, 15) is 59.4 Å². The van der Waals surface area contributed by atoms with E-state index in [0.29, 0.717) is 61.9 Å². The van der Waals surface area contributed by atoms with Crippen LogP contribution >= 0.6 is 0 Å². The predicted octanol–water partition coefficient (Wildman–Crippen LogP) is -0.273. The number of benzene rings is 2. The summed E-state index contributed by atoms with van der Waals surface area (Å²) < 4.78 is 0. The van der Waals surface area contributed by atoms with Crippen molar-refractivity contribution < 1.29 is 59.4 Å². The lowest BCUT2D eigenvalue weighted by Crippen LogP contribution is -2.62. The van der Waals surface area contributed by atoms with Crippen molar-refractivity contribution in [3.63, 3.8) is 0 Å². The molecule has 2 aromatic carbocycles. The van der Waals surface area contributed by atoms with Gasteiger partial charge in [-0.15, -0.1) is 0 Å². The topological polar surface area (TPSA) is 336 Å². The van der Waals surface area contributed by atoms with E-state index in [2.05, 4.69) is 26.6 Å². The summed E-state index contributed by atoms with van der Waals surface area (Å²) in [7, 11) is 0. The summed E-state index contributed by atoms with van der Waals surface area (Å²) in [4.78, 5) is 79.2. The molecule has 0 saturated carbocycles. The Balaban J connectivity index is 2.37. The summed E-state index contributed by atoms with van der Waals surface area (Å²) in [5.41, 5.74) is 14.8. The highest BCUT2D eigenvalue weighted by molar-refractivity contribution is 5.96. The minimum absolute atomic E-state index is 0.00730. The zero-order valence-electron chi connectivity index (χ0n) is 36.6. The summed E-state index contributed by atoms with van der Waals surface area (Å²) in [6.45, 7) is 5.59. The van der Waals surface area contributed by atoms with Crippen molar-refractivity contribution in [3.8, 4) is 11.5 Å². The summed E-state index contributed by atoms with van der Waals surface area (Å²) in [5, 5.41) is 72.6. The Morgan fingerprint density at radius 3 is 1.49 bits per heavy atom. The number of phenolic OH excluding ortho intramolecular Hbond substituents is 2. The number of phenols is 2. The van der Waals surface area contributed by atoms with E-state index in [4.69, 9.17) is 11.5 Å². The molecule has 2 rings (SSSR count). The smallest absolute Gasteiger partial charge is 0.328 e. The number of carbonyl (C=O) groups is 6. The van der Waals surface area contributed by atoms with Gasteiger partial charge in [0.05, 0.1) is 18.8 Å². The van der Waals surface area contributed by atoms with Gasteiger partial charge < -0.3 is 68.7 Å². The molecule has 0 aliphatic rings. The van der Waals surface area contributed by atoms with Gasteiger partial charge in [0.25, 0.3) is 0 Å². The van der Waals surface area contributed by atoms with Gasteiger partial charge in [0.1, 0.15) is 41.7 Å². The van der Waals surface area contributed by atoms with Crippen molar-refractivity contribution in [1.29, 1.82) is 0 Å². The van der Waals surface area contributed by atoms with Gasteiger partial charge in [-0.25, -0.2) is 4.79 Å². The Kier molecular flexibility index (Phi) is 23.3. The van der Waals surface area contributed by atoms with Crippen molar-refractivity contribution >= 4 is 35.4 Å². The number of hydrogen-bond donors (Lipinski definition) is 13. The number of carboxylic acid groups (broad SMARTS) is 1. The lowest BCUT2D eigenvalue weighted by Gasteiger charge is -2.29. The van der Waals surface area contributed by atoms with Gasteiger partial charge in [0, 0.05) is 18.2 Å². The fourth-order valence-corrected chi connectivity index (χ4v) is 6.52. The number of ketones is 1. The minimum atomic E-state index is -1.72. The first-order chi connectivity index (χ1) is 29.8. The van der Waals surface area contributed by atoms with Crippen LogP contribution < -0.4 is 38.1 Å². The molecule has 19 heteroatoms. The Morgan fingerprint density at radius 1 is 0.619 bits per heavy atom. The zero-order valence-corrected chi connectivity index (χ0v) is 36.6. The average Bonchev–Trinajstić information content (AvgIpc) is 3.23. The van der Waals surface area contributed by atoms with Crippen molar-refractivity contribution in [2.45, 2.75) is 134 Å². The highest BCUT2D eigenvalue weighted by Gasteiger charge is 2.35. The van der Waals surface area contributed by atoms with Gasteiger partial charge in [-0.2, -0.15) is 0 Å². The number of carboxylic acids is 1. The van der Waals surface area contributed by atoms with Crippen molar-refractivity contribution in [2.24, 2.45) is 11.5 Å². The number of aliphatic hydroxyl groups is 3. The molecule has 2 aromatic rings. The van der Waals surface area contributed by atoms with Crippen molar-refractivity contribution in [2.75, 3.05) is 19.7 Å². The highest BCUT2D eigenvalue weighted by atomic mass is 16.4. The Bertz CT molecular complexity index is 1870. The number of unbranched alkanes of at least 4 members (excludes halogenated alkanes) is 2. The molecular weight excluding hydrogens is 819 g/mol. The van der Waals surface area contributed by atoms with Crippen LogP contribution in [0.25, 0.3) is 0 Å². The predicted molar refractivity (Wildman–Crippen MR) is 234 cm³/mol. The molecule has 0 saturated heterocycles. The lowest BCUT2D eigenvalue weighted by molar-refractivity contribution is -0.143. The van der Waals surface area contributed by atoms with Crippen LogP contribution in [0.2, 0.25) is 0 Å². The van der Waals surface area contributed by atoms with Gasteiger partial charge in [-0.05, 0) is 133 Å². The Labute approximate surface area is 368 Å². The molecule has 0 aliphatic carbocycles. The van der Waals surface area contributed by atoms with Gasteiger partial charge in [-0.3, -0.25) is 24.0 Å². The first-order valence-corrected chi connectivity index (χ1v) is 21.2. The molecule has 0 radical (unpaired) electrons. The van der Waals surface area contributed by atoms with E-state index in [1.807, 2.05) is 6.07 Å². The third-order valence-electron chi connectivity index (χ3n) is 10.3. The maximum atomic E-state index is 14.1. The van der Waals surface area contributed by atoms with E-state index in [-0.39, 0.29) is 49.5 Å². The minimum Gasteiger partial charge on any atom is -0.508 e. The fraction of sp³-hybridized carbons (Fsp3) is 0.545. The molecule has 350 valence electrons. The van der Waals surface area contributed by atoms with Crippen molar-refractivity contribution in [3.05, 3.63) is 70.4 Å². The van der Waals surface area contributed by atoms with Crippen LogP contribution in [0.4, 0.5) is 0 Å². The van der Waals surface area contributed by atoms with Gasteiger partial charge >= 0.3 is 5.97 Å². The van der Waals surface area contributed by atoms with Crippen LogP contribution in [0, 0.1) is 13.8 Å². The normalized spacial score (nSPS) is 14.8. The van der Waals surface area contributed by atoms with Crippen LogP contribution in [0.15, 0.2) is 48.2 Å². The Morgan fingerprint density at radius 2 is 1.05 bits per heavy atom. The quantitative estimate of drug-likeness (QED) is 0.0369. The third kappa shape index (κ3) is 18.7. The zero-order chi connectivity index (χ0) is 47.2. The molecular formula is C44H67N7O12. The van der Waals surface area contributed by atoms with E-state index in [1.54, 1.807) is 44.2 Å². The largest absolute Gasteiger partial charge is 0.508 e. The molecule has 0 fully saturated rings. The van der Waals surface area contributed by atoms with E-state index < -0.39 is 78.6 Å². The van der Waals surface area contributed by atoms with Gasteiger partial charge in [-0.1, -0.05) is 24.3 Å². The lowest BCUT2D eigenvalue weighted by atomic mass is 10.0. The number of nitrogens with two attached hydrogens (primary N) is 2. The third-order valence-corrected chi connectivity index (χ3v) is 10.3. The average molecular weight is 886 g/mol. The van der Waals surface area contributed by atoms with Gasteiger partial charge in [0.2, 0.25) is 23.6 Å². The molecule has 0 unspecified atom stereocenters. The van der Waals surface area contributed by atoms with Crippen LogP contribution in [-0.2, 0) is 41.6 Å². The molecule has 0 aliphatic heterocycles. The summed E-state index contributed by atoms with van der Waals surface area (Å²) >= 11 is 0. The molecule has 0 bridgehead atoms. The monoisotopic (exact) mass is 885 g/mol. The first-order valence-electron chi connectivity index (χ1n) is 21.2. The SMILES string of the molecule is Cc1cc(CCC(=O)/C=C(/CCc2ccc(O)c(C)c2)N[C@@H](CCCCN)C(=O)N[C@H](C(=O)N[C@H](C(=O)N[C@@H](CCCCN)C(=O)N[C@@H](CO)C(=O)O)[C@@H](C)O)[C@@H](C)O)ccc1O. The number of nitrogens with one attached hydrogen (secondary N) is 5. The van der Waals surface area contributed by atoms with E-state index >= 15 is 0 Å². The van der Waals surface area contributed by atoms with Crippen LogP contribution in [0.3, 0.4) is 0 Å². The van der Waals surface area contributed by atoms with Gasteiger partial charge in [0.15, 0.2) is 5.78 Å². The molecule has 4 amide bonds. The van der Waals surface area contributed by atoms with Crippen LogP contribution in [0.5, 0.6) is 11.5 Å². The number of carbonyl (C=O) groups excluding carboxylic acids is 5. The first kappa shape index (κ1) is 53.5. The number of allylic oxidation sites excluding steroid dienone is 2. The van der Waals surface area contributed by atoms with E-state index in [1.165, 1.54) is 19.9 Å². The number of aliphatic hydroxyl groups excluding tert-OH is 3. The number of rotatable bonds is 29. The van der Waals surface area contributed by atoms with Crippen molar-refractivity contribution in [1.82, 2.24) is 26.6 Å². The molecule has 0 heterocycles. The maximum absolute atomic E-state index is 14.1. The second-order valence-electron chi connectivity index (χ2n) is 15.7.